The first-order valence-electron chi connectivity index (χ1n) is 10.5. The van der Waals surface area contributed by atoms with Crippen molar-refractivity contribution < 1.29 is 14.4 Å². The smallest absolute Gasteiger partial charge is 0.262 e. The lowest BCUT2D eigenvalue weighted by Gasteiger charge is -2.28. The summed E-state index contributed by atoms with van der Waals surface area (Å²) < 4.78 is 0. The van der Waals surface area contributed by atoms with Gasteiger partial charge in [0.15, 0.2) is 0 Å². The predicted octanol–water partition coefficient (Wildman–Crippen LogP) is 2.96. The highest BCUT2D eigenvalue weighted by Gasteiger charge is 2.37. The predicted molar refractivity (Wildman–Crippen MR) is 116 cm³/mol. The van der Waals surface area contributed by atoms with Gasteiger partial charge in [0.2, 0.25) is 5.91 Å². The van der Waals surface area contributed by atoms with Crippen LogP contribution in [0.15, 0.2) is 48.5 Å². The third kappa shape index (κ3) is 4.76. The first-order valence-corrected chi connectivity index (χ1v) is 10.5. The van der Waals surface area contributed by atoms with E-state index in [1.54, 1.807) is 23.1 Å². The molecule has 0 unspecified atom stereocenters. The van der Waals surface area contributed by atoms with E-state index in [9.17, 15) is 14.4 Å². The number of hydrogen-bond acceptors (Lipinski definition) is 4. The topological polar surface area (TPSA) is 60.9 Å². The summed E-state index contributed by atoms with van der Waals surface area (Å²) in [6.45, 7) is 9.36. The lowest BCUT2D eigenvalue weighted by atomic mass is 10.1. The molecule has 0 radical (unpaired) electrons. The number of likely N-dealkylation sites (N-methyl/N-ethyl adjacent to an activating group) is 1. The minimum atomic E-state index is -0.397. The molecule has 2 aromatic carbocycles. The van der Waals surface area contributed by atoms with E-state index < -0.39 is 11.8 Å². The first kappa shape index (κ1) is 21.7. The Hall–Kier alpha value is -2.99. The number of carbonyl (C=O) groups is 3. The molecule has 3 rings (SSSR count). The van der Waals surface area contributed by atoms with Crippen LogP contribution in [0.1, 0.15) is 45.7 Å². The zero-order valence-electron chi connectivity index (χ0n) is 17.9. The van der Waals surface area contributed by atoms with Crippen LogP contribution in [0, 0.1) is 6.92 Å². The number of nitrogens with zero attached hydrogens (tertiary/aromatic N) is 3. The minimum absolute atomic E-state index is 0.225. The Morgan fingerprint density at radius 2 is 1.57 bits per heavy atom. The fourth-order valence-electron chi connectivity index (χ4n) is 3.68. The molecule has 0 fully saturated rings. The molecule has 0 aliphatic carbocycles. The molecule has 0 N–H and O–H groups in total. The van der Waals surface area contributed by atoms with Crippen LogP contribution in [0.3, 0.4) is 0 Å². The zero-order valence-corrected chi connectivity index (χ0v) is 17.9. The molecule has 1 aliphatic rings. The van der Waals surface area contributed by atoms with Gasteiger partial charge in [0.05, 0.1) is 11.1 Å². The van der Waals surface area contributed by atoms with E-state index in [-0.39, 0.29) is 12.5 Å². The summed E-state index contributed by atoms with van der Waals surface area (Å²) in [6.07, 6.45) is 0. The SMILES string of the molecule is CCN(CC)CCN(Cc1ccccc1)C(=O)CN1C(=O)c2ccc(C)cc2C1=O. The number of rotatable bonds is 9. The third-order valence-electron chi connectivity index (χ3n) is 5.57. The molecule has 30 heavy (non-hydrogen) atoms. The molecule has 3 amide bonds. The van der Waals surface area contributed by atoms with Crippen LogP contribution >= 0.6 is 0 Å². The van der Waals surface area contributed by atoms with Crippen molar-refractivity contribution in [3.63, 3.8) is 0 Å². The van der Waals surface area contributed by atoms with E-state index >= 15 is 0 Å². The number of carbonyl (C=O) groups excluding carboxylic acids is 3. The highest BCUT2D eigenvalue weighted by molar-refractivity contribution is 6.22. The van der Waals surface area contributed by atoms with Crippen molar-refractivity contribution in [3.8, 4) is 0 Å². The number of aryl methyl sites for hydroxylation is 1. The fourth-order valence-corrected chi connectivity index (χ4v) is 3.68. The van der Waals surface area contributed by atoms with E-state index in [1.165, 1.54) is 0 Å². The van der Waals surface area contributed by atoms with Crippen molar-refractivity contribution in [2.24, 2.45) is 0 Å². The highest BCUT2D eigenvalue weighted by atomic mass is 16.2. The molecule has 2 aromatic rings. The molecular formula is C24H29N3O3. The summed E-state index contributed by atoms with van der Waals surface area (Å²) in [5.74, 6) is -1.01. The second kappa shape index (κ2) is 9.67. The molecule has 0 aromatic heterocycles. The van der Waals surface area contributed by atoms with Crippen molar-refractivity contribution in [1.82, 2.24) is 14.7 Å². The Morgan fingerprint density at radius 3 is 2.23 bits per heavy atom. The van der Waals surface area contributed by atoms with Gasteiger partial charge in [0, 0.05) is 19.6 Å². The lowest BCUT2D eigenvalue weighted by Crippen LogP contribution is -2.45. The maximum Gasteiger partial charge on any atom is 0.262 e. The van der Waals surface area contributed by atoms with E-state index in [0.29, 0.717) is 24.2 Å². The minimum Gasteiger partial charge on any atom is -0.336 e. The largest absolute Gasteiger partial charge is 0.336 e. The second-order valence-electron chi connectivity index (χ2n) is 7.57. The van der Waals surface area contributed by atoms with Gasteiger partial charge in [-0.1, -0.05) is 55.8 Å². The average molecular weight is 408 g/mol. The molecule has 1 heterocycles. The van der Waals surface area contributed by atoms with Crippen molar-refractivity contribution in [2.45, 2.75) is 27.3 Å². The molecule has 0 saturated carbocycles. The Morgan fingerprint density at radius 1 is 0.900 bits per heavy atom. The van der Waals surface area contributed by atoms with Gasteiger partial charge < -0.3 is 9.80 Å². The zero-order chi connectivity index (χ0) is 21.7. The summed E-state index contributed by atoms with van der Waals surface area (Å²) in [7, 11) is 0. The van der Waals surface area contributed by atoms with Crippen LogP contribution in [0.4, 0.5) is 0 Å². The molecule has 0 atom stereocenters. The van der Waals surface area contributed by atoms with Crippen LogP contribution in [-0.4, -0.2) is 65.1 Å². The van der Waals surface area contributed by atoms with Crippen molar-refractivity contribution >= 4 is 17.7 Å². The number of fused-ring (bicyclic) bond motifs is 1. The monoisotopic (exact) mass is 407 g/mol. The molecule has 158 valence electrons. The van der Waals surface area contributed by atoms with Crippen LogP contribution in [0.25, 0.3) is 0 Å². The molecule has 0 spiro atoms. The standard InChI is InChI=1S/C24H29N3O3/c1-4-25(5-2)13-14-26(16-19-9-7-6-8-10-19)22(28)17-27-23(29)20-12-11-18(3)15-21(20)24(27)30/h6-12,15H,4-5,13-14,16-17H2,1-3H3. The van der Waals surface area contributed by atoms with Gasteiger partial charge in [-0.3, -0.25) is 19.3 Å². The summed E-state index contributed by atoms with van der Waals surface area (Å²) in [6, 6.07) is 14.9. The van der Waals surface area contributed by atoms with Crippen LogP contribution in [0.2, 0.25) is 0 Å². The maximum absolute atomic E-state index is 13.2. The summed E-state index contributed by atoms with van der Waals surface area (Å²) in [5.41, 5.74) is 2.68. The van der Waals surface area contributed by atoms with Crippen molar-refractivity contribution in [2.75, 3.05) is 32.7 Å². The maximum atomic E-state index is 13.2. The van der Waals surface area contributed by atoms with Crippen molar-refractivity contribution in [3.05, 3.63) is 70.8 Å². The lowest BCUT2D eigenvalue weighted by molar-refractivity contribution is -0.132. The first-order chi connectivity index (χ1) is 14.4. The summed E-state index contributed by atoms with van der Waals surface area (Å²) in [5, 5.41) is 0. The van der Waals surface area contributed by atoms with Gasteiger partial charge in [-0.25, -0.2) is 0 Å². The van der Waals surface area contributed by atoms with Crippen molar-refractivity contribution in [1.29, 1.82) is 0 Å². The number of imide groups is 1. The van der Waals surface area contributed by atoms with E-state index in [1.807, 2.05) is 37.3 Å². The van der Waals surface area contributed by atoms with Crippen LogP contribution < -0.4 is 0 Å². The average Bonchev–Trinajstić information content (AvgIpc) is 2.98. The molecule has 6 nitrogen and oxygen atoms in total. The Balaban J connectivity index is 1.75. The van der Waals surface area contributed by atoms with Gasteiger partial charge in [-0.2, -0.15) is 0 Å². The quantitative estimate of drug-likeness (QED) is 0.600. The summed E-state index contributed by atoms with van der Waals surface area (Å²) in [4.78, 5) is 43.7. The fraction of sp³-hybridized carbons (Fsp3) is 0.375. The molecule has 6 heteroatoms. The van der Waals surface area contributed by atoms with Gasteiger partial charge in [0.25, 0.3) is 11.8 Å². The Kier molecular flexibility index (Phi) is 7.00. The van der Waals surface area contributed by atoms with Gasteiger partial charge in [0.1, 0.15) is 6.54 Å². The Labute approximate surface area is 178 Å². The summed E-state index contributed by atoms with van der Waals surface area (Å²) >= 11 is 0. The molecule has 0 bridgehead atoms. The molecule has 0 saturated heterocycles. The third-order valence-corrected chi connectivity index (χ3v) is 5.57. The number of hydrogen-bond donors (Lipinski definition) is 0. The van der Waals surface area contributed by atoms with Crippen LogP contribution in [0.5, 0.6) is 0 Å². The van der Waals surface area contributed by atoms with Gasteiger partial charge in [-0.15, -0.1) is 0 Å². The number of amides is 3. The van der Waals surface area contributed by atoms with Crippen LogP contribution in [-0.2, 0) is 11.3 Å². The number of benzene rings is 2. The van der Waals surface area contributed by atoms with Gasteiger partial charge in [-0.05, 0) is 37.7 Å². The second-order valence-corrected chi connectivity index (χ2v) is 7.57. The normalized spacial score (nSPS) is 13.1. The van der Waals surface area contributed by atoms with E-state index in [0.717, 1.165) is 35.7 Å². The highest BCUT2D eigenvalue weighted by Crippen LogP contribution is 2.24. The van der Waals surface area contributed by atoms with E-state index in [4.69, 9.17) is 0 Å². The van der Waals surface area contributed by atoms with E-state index in [2.05, 4.69) is 18.7 Å². The Bertz CT molecular complexity index is 923. The van der Waals surface area contributed by atoms with Gasteiger partial charge >= 0.3 is 0 Å². The molecular weight excluding hydrogens is 378 g/mol. The molecule has 1 aliphatic heterocycles.